The maximum absolute atomic E-state index is 11.5. The van der Waals surface area contributed by atoms with Crippen molar-refractivity contribution in [2.24, 2.45) is 0 Å². The summed E-state index contributed by atoms with van der Waals surface area (Å²) >= 11 is 0. The van der Waals surface area contributed by atoms with Gasteiger partial charge in [0, 0.05) is 17.6 Å². The van der Waals surface area contributed by atoms with Crippen LogP contribution in [0.5, 0.6) is 0 Å². The minimum absolute atomic E-state index is 0.262. The fourth-order valence-electron chi connectivity index (χ4n) is 3.09. The number of fused-ring (bicyclic) bond motifs is 1. The Balaban J connectivity index is 2.01. The Morgan fingerprint density at radius 2 is 1.86 bits per heavy atom. The monoisotopic (exact) mass is 284 g/mol. The van der Waals surface area contributed by atoms with E-state index in [1.807, 2.05) is 24.3 Å². The van der Waals surface area contributed by atoms with E-state index in [0.717, 1.165) is 29.4 Å². The van der Waals surface area contributed by atoms with Gasteiger partial charge in [-0.1, -0.05) is 43.9 Å². The molecule has 0 aliphatic heterocycles. The van der Waals surface area contributed by atoms with Crippen molar-refractivity contribution in [1.82, 2.24) is 4.98 Å². The van der Waals surface area contributed by atoms with Crippen molar-refractivity contribution in [3.63, 3.8) is 0 Å². The lowest BCUT2D eigenvalue weighted by atomic mass is 10.1. The molecular weight excluding hydrogens is 264 g/mol. The molecule has 1 saturated carbocycles. The third-order valence-corrected chi connectivity index (χ3v) is 4.21. The highest BCUT2D eigenvalue weighted by molar-refractivity contribution is 6.04. The average molecular weight is 284 g/mol. The van der Waals surface area contributed by atoms with E-state index in [4.69, 9.17) is 0 Å². The van der Waals surface area contributed by atoms with E-state index in [1.165, 1.54) is 31.9 Å². The molecule has 2 aromatic rings. The van der Waals surface area contributed by atoms with E-state index in [2.05, 4.69) is 10.3 Å². The molecule has 1 fully saturated rings. The van der Waals surface area contributed by atoms with Crippen LogP contribution in [0, 0.1) is 0 Å². The van der Waals surface area contributed by atoms with Crippen LogP contribution in [-0.2, 0) is 0 Å². The van der Waals surface area contributed by atoms with E-state index in [9.17, 15) is 9.90 Å². The number of carboxylic acids is 1. The number of nitrogens with one attached hydrogen (secondary N) is 1. The third-order valence-electron chi connectivity index (χ3n) is 4.21. The van der Waals surface area contributed by atoms with Crippen LogP contribution in [0.15, 0.2) is 30.5 Å². The summed E-state index contributed by atoms with van der Waals surface area (Å²) in [6.07, 6.45) is 8.66. The van der Waals surface area contributed by atoms with Crippen LogP contribution >= 0.6 is 0 Å². The van der Waals surface area contributed by atoms with E-state index in [0.29, 0.717) is 6.04 Å². The molecule has 2 N–H and O–H groups in total. The predicted octanol–water partition coefficient (Wildman–Crippen LogP) is 4.07. The fourth-order valence-corrected chi connectivity index (χ4v) is 3.09. The third kappa shape index (κ3) is 2.99. The Bertz CT molecular complexity index is 646. The van der Waals surface area contributed by atoms with Crippen LogP contribution in [0.4, 0.5) is 5.69 Å². The summed E-state index contributed by atoms with van der Waals surface area (Å²) in [7, 11) is 0. The van der Waals surface area contributed by atoms with Crippen LogP contribution < -0.4 is 5.32 Å². The number of para-hydroxylation sites is 1. The minimum atomic E-state index is -0.927. The molecule has 1 aromatic carbocycles. The molecule has 0 unspecified atom stereocenters. The molecule has 0 bridgehead atoms. The smallest absolute Gasteiger partial charge is 0.339 e. The van der Waals surface area contributed by atoms with Gasteiger partial charge in [-0.05, 0) is 18.9 Å². The lowest BCUT2D eigenvalue weighted by Gasteiger charge is -2.20. The largest absolute Gasteiger partial charge is 0.478 e. The Labute approximate surface area is 124 Å². The molecule has 4 nitrogen and oxygen atoms in total. The number of benzene rings is 1. The summed E-state index contributed by atoms with van der Waals surface area (Å²) in [5.41, 5.74) is 1.82. The van der Waals surface area contributed by atoms with Gasteiger partial charge >= 0.3 is 5.97 Å². The Hall–Kier alpha value is -2.10. The normalized spacial score (nSPS) is 16.6. The SMILES string of the molecule is O=C(O)c1cnc2ccccc2c1NC1CCCCCC1. The first-order chi connectivity index (χ1) is 10.3. The molecule has 21 heavy (non-hydrogen) atoms. The van der Waals surface area contributed by atoms with Crippen molar-refractivity contribution in [3.05, 3.63) is 36.0 Å². The molecule has 3 rings (SSSR count). The highest BCUT2D eigenvalue weighted by Crippen LogP contribution is 2.29. The van der Waals surface area contributed by atoms with Crippen LogP contribution in [0.1, 0.15) is 48.9 Å². The second kappa shape index (κ2) is 6.12. The van der Waals surface area contributed by atoms with Gasteiger partial charge in [0.05, 0.1) is 11.2 Å². The molecule has 1 aliphatic carbocycles. The number of carboxylic acid groups (broad SMARTS) is 1. The Morgan fingerprint density at radius 3 is 2.57 bits per heavy atom. The summed E-state index contributed by atoms with van der Waals surface area (Å²) in [4.78, 5) is 15.7. The Morgan fingerprint density at radius 1 is 1.14 bits per heavy atom. The van der Waals surface area contributed by atoms with E-state index in [1.54, 1.807) is 0 Å². The number of hydrogen-bond donors (Lipinski definition) is 2. The van der Waals surface area contributed by atoms with Gasteiger partial charge in [-0.15, -0.1) is 0 Å². The zero-order valence-electron chi connectivity index (χ0n) is 12.0. The molecule has 0 amide bonds. The standard InChI is InChI=1S/C17H20N2O2/c20-17(21)14-11-18-15-10-6-5-9-13(15)16(14)19-12-7-3-1-2-4-8-12/h5-6,9-12H,1-4,7-8H2,(H,18,19)(H,20,21). The van der Waals surface area contributed by atoms with Gasteiger partial charge in [-0.3, -0.25) is 4.98 Å². The van der Waals surface area contributed by atoms with Gasteiger partial charge in [-0.25, -0.2) is 4.79 Å². The van der Waals surface area contributed by atoms with Gasteiger partial charge in [0.25, 0.3) is 0 Å². The van der Waals surface area contributed by atoms with Crippen molar-refractivity contribution in [2.45, 2.75) is 44.6 Å². The topological polar surface area (TPSA) is 62.2 Å². The molecule has 1 heterocycles. The minimum Gasteiger partial charge on any atom is -0.478 e. The van der Waals surface area contributed by atoms with Gasteiger partial charge in [0.1, 0.15) is 5.56 Å². The van der Waals surface area contributed by atoms with Crippen molar-refractivity contribution < 1.29 is 9.90 Å². The van der Waals surface area contributed by atoms with Crippen molar-refractivity contribution in [1.29, 1.82) is 0 Å². The highest BCUT2D eigenvalue weighted by atomic mass is 16.4. The highest BCUT2D eigenvalue weighted by Gasteiger charge is 2.18. The quantitative estimate of drug-likeness (QED) is 0.834. The van der Waals surface area contributed by atoms with Crippen molar-refractivity contribution >= 4 is 22.6 Å². The zero-order valence-corrected chi connectivity index (χ0v) is 12.0. The number of anilines is 1. The number of aromatic nitrogens is 1. The molecule has 0 saturated heterocycles. The number of nitrogens with zero attached hydrogens (tertiary/aromatic N) is 1. The van der Waals surface area contributed by atoms with E-state index >= 15 is 0 Å². The van der Waals surface area contributed by atoms with Crippen LogP contribution in [-0.4, -0.2) is 22.1 Å². The van der Waals surface area contributed by atoms with Gasteiger partial charge < -0.3 is 10.4 Å². The molecule has 1 aliphatic rings. The molecule has 0 atom stereocenters. The van der Waals surface area contributed by atoms with Gasteiger partial charge in [0.15, 0.2) is 0 Å². The predicted molar refractivity (Wildman–Crippen MR) is 83.8 cm³/mol. The van der Waals surface area contributed by atoms with Crippen LogP contribution in [0.25, 0.3) is 10.9 Å². The van der Waals surface area contributed by atoms with Crippen molar-refractivity contribution in [3.8, 4) is 0 Å². The molecular formula is C17H20N2O2. The molecule has 0 spiro atoms. The van der Waals surface area contributed by atoms with Crippen LogP contribution in [0.3, 0.4) is 0 Å². The fraction of sp³-hybridized carbons (Fsp3) is 0.412. The first-order valence-corrected chi connectivity index (χ1v) is 7.63. The first kappa shape index (κ1) is 13.9. The van der Waals surface area contributed by atoms with E-state index in [-0.39, 0.29) is 5.56 Å². The number of pyridine rings is 1. The summed E-state index contributed by atoms with van der Waals surface area (Å²) in [6, 6.07) is 8.06. The second-order valence-corrected chi connectivity index (χ2v) is 5.70. The summed E-state index contributed by atoms with van der Waals surface area (Å²) in [6.45, 7) is 0. The number of aromatic carboxylic acids is 1. The molecule has 1 aromatic heterocycles. The van der Waals surface area contributed by atoms with Gasteiger partial charge in [-0.2, -0.15) is 0 Å². The number of rotatable bonds is 3. The lowest BCUT2D eigenvalue weighted by molar-refractivity contribution is 0.0697. The molecule has 0 radical (unpaired) electrons. The average Bonchev–Trinajstić information content (AvgIpc) is 2.76. The molecule has 110 valence electrons. The van der Waals surface area contributed by atoms with Crippen LogP contribution in [0.2, 0.25) is 0 Å². The summed E-state index contributed by atoms with van der Waals surface area (Å²) in [5.74, 6) is -0.927. The maximum Gasteiger partial charge on any atom is 0.339 e. The lowest BCUT2D eigenvalue weighted by Crippen LogP contribution is -2.20. The first-order valence-electron chi connectivity index (χ1n) is 7.63. The maximum atomic E-state index is 11.5. The second-order valence-electron chi connectivity index (χ2n) is 5.70. The zero-order chi connectivity index (χ0) is 14.7. The van der Waals surface area contributed by atoms with E-state index < -0.39 is 5.97 Å². The Kier molecular flexibility index (Phi) is 4.04. The summed E-state index contributed by atoms with van der Waals surface area (Å²) in [5, 5.41) is 13.8. The van der Waals surface area contributed by atoms with Crippen molar-refractivity contribution in [2.75, 3.05) is 5.32 Å². The number of carbonyl (C=O) groups is 1. The molecule has 4 heteroatoms. The summed E-state index contributed by atoms with van der Waals surface area (Å²) < 4.78 is 0. The number of hydrogen-bond acceptors (Lipinski definition) is 3. The van der Waals surface area contributed by atoms with Gasteiger partial charge in [0.2, 0.25) is 0 Å².